The third kappa shape index (κ3) is 5.15. The zero-order valence-corrected chi connectivity index (χ0v) is 12.8. The van der Waals surface area contributed by atoms with Crippen molar-refractivity contribution in [1.82, 2.24) is 10.2 Å². The maximum atomic E-state index is 12.1. The molecule has 1 heterocycles. The zero-order chi connectivity index (χ0) is 15.8. The number of hydrogen-bond acceptors (Lipinski definition) is 3. The van der Waals surface area contributed by atoms with Crippen LogP contribution in [0.3, 0.4) is 0 Å². The molecule has 1 unspecified atom stereocenters. The molecule has 0 radical (unpaired) electrons. The van der Waals surface area contributed by atoms with Crippen molar-refractivity contribution >= 4 is 11.9 Å². The van der Waals surface area contributed by atoms with Gasteiger partial charge in [-0.2, -0.15) is 0 Å². The maximum absolute atomic E-state index is 12.1. The number of rotatable bonds is 6. The SMILES string of the molecule is O=C(CCN1CCCCCC1)NC(C(=O)O)c1ccccc1. The zero-order valence-electron chi connectivity index (χ0n) is 12.8. The summed E-state index contributed by atoms with van der Waals surface area (Å²) in [5, 5.41) is 11.9. The minimum absolute atomic E-state index is 0.208. The molecule has 1 aliphatic rings. The fourth-order valence-electron chi connectivity index (χ4n) is 2.79. The van der Waals surface area contributed by atoms with E-state index in [1.165, 1.54) is 25.7 Å². The van der Waals surface area contributed by atoms with Gasteiger partial charge in [-0.1, -0.05) is 43.2 Å². The largest absolute Gasteiger partial charge is 0.479 e. The molecule has 1 aromatic carbocycles. The van der Waals surface area contributed by atoms with Crippen LogP contribution in [-0.2, 0) is 9.59 Å². The van der Waals surface area contributed by atoms with Gasteiger partial charge in [-0.25, -0.2) is 4.79 Å². The van der Waals surface area contributed by atoms with E-state index in [0.717, 1.165) is 13.1 Å². The molecule has 1 amide bonds. The van der Waals surface area contributed by atoms with E-state index in [2.05, 4.69) is 10.2 Å². The van der Waals surface area contributed by atoms with Gasteiger partial charge in [-0.05, 0) is 31.5 Å². The second-order valence-corrected chi connectivity index (χ2v) is 5.76. The number of hydrogen-bond donors (Lipinski definition) is 2. The molecule has 1 saturated heterocycles. The molecule has 22 heavy (non-hydrogen) atoms. The lowest BCUT2D eigenvalue weighted by atomic mass is 10.1. The van der Waals surface area contributed by atoms with Gasteiger partial charge < -0.3 is 15.3 Å². The molecule has 2 N–H and O–H groups in total. The average molecular weight is 304 g/mol. The van der Waals surface area contributed by atoms with Crippen molar-refractivity contribution in [3.63, 3.8) is 0 Å². The molecule has 1 aromatic rings. The van der Waals surface area contributed by atoms with Gasteiger partial charge in [0.15, 0.2) is 6.04 Å². The fourth-order valence-corrected chi connectivity index (χ4v) is 2.79. The summed E-state index contributed by atoms with van der Waals surface area (Å²) >= 11 is 0. The van der Waals surface area contributed by atoms with Crippen LogP contribution in [0, 0.1) is 0 Å². The predicted octanol–water partition coefficient (Wildman–Crippen LogP) is 2.19. The minimum atomic E-state index is -1.03. The van der Waals surface area contributed by atoms with Crippen molar-refractivity contribution in [1.29, 1.82) is 0 Å². The quantitative estimate of drug-likeness (QED) is 0.845. The van der Waals surface area contributed by atoms with Crippen molar-refractivity contribution < 1.29 is 14.7 Å². The Balaban J connectivity index is 1.85. The van der Waals surface area contributed by atoms with E-state index in [1.54, 1.807) is 24.3 Å². The number of benzene rings is 1. The molecule has 0 bridgehead atoms. The number of amides is 1. The highest BCUT2D eigenvalue weighted by atomic mass is 16.4. The second kappa shape index (κ2) is 8.54. The molecule has 0 saturated carbocycles. The van der Waals surface area contributed by atoms with E-state index in [9.17, 15) is 14.7 Å². The summed E-state index contributed by atoms with van der Waals surface area (Å²) in [7, 11) is 0. The monoisotopic (exact) mass is 304 g/mol. The second-order valence-electron chi connectivity index (χ2n) is 5.76. The Hall–Kier alpha value is -1.88. The summed E-state index contributed by atoms with van der Waals surface area (Å²) in [6.07, 6.45) is 5.24. The van der Waals surface area contributed by atoms with Crippen LogP contribution in [0.1, 0.15) is 43.7 Å². The summed E-state index contributed by atoms with van der Waals surface area (Å²) in [6.45, 7) is 2.77. The molecule has 1 aliphatic heterocycles. The third-order valence-corrected chi connectivity index (χ3v) is 4.04. The molecule has 5 nitrogen and oxygen atoms in total. The molecule has 0 aliphatic carbocycles. The van der Waals surface area contributed by atoms with E-state index >= 15 is 0 Å². The Morgan fingerprint density at radius 2 is 1.73 bits per heavy atom. The van der Waals surface area contributed by atoms with Gasteiger partial charge >= 0.3 is 5.97 Å². The van der Waals surface area contributed by atoms with Gasteiger partial charge in [-0.3, -0.25) is 4.79 Å². The smallest absolute Gasteiger partial charge is 0.330 e. The van der Waals surface area contributed by atoms with E-state index < -0.39 is 12.0 Å². The standard InChI is InChI=1S/C17H24N2O3/c20-15(10-13-19-11-6-1-2-7-12-19)18-16(17(21)22)14-8-4-3-5-9-14/h3-5,8-9,16H,1-2,6-7,10-13H2,(H,18,20)(H,21,22). The van der Waals surface area contributed by atoms with Gasteiger partial charge in [-0.15, -0.1) is 0 Å². The molecular weight excluding hydrogens is 280 g/mol. The van der Waals surface area contributed by atoms with Crippen LogP contribution in [-0.4, -0.2) is 41.5 Å². The first kappa shape index (κ1) is 16.5. The molecule has 1 fully saturated rings. The fraction of sp³-hybridized carbons (Fsp3) is 0.529. The van der Waals surface area contributed by atoms with Crippen LogP contribution >= 0.6 is 0 Å². The summed E-state index contributed by atoms with van der Waals surface area (Å²) in [5.41, 5.74) is 0.595. The summed E-state index contributed by atoms with van der Waals surface area (Å²) in [6, 6.07) is 7.83. The number of carboxylic acids is 1. The Morgan fingerprint density at radius 3 is 2.32 bits per heavy atom. The van der Waals surface area contributed by atoms with Crippen molar-refractivity contribution in [2.24, 2.45) is 0 Å². The molecule has 5 heteroatoms. The van der Waals surface area contributed by atoms with Crippen LogP contribution in [0.2, 0.25) is 0 Å². The number of carbonyl (C=O) groups is 2. The predicted molar refractivity (Wildman–Crippen MR) is 84.5 cm³/mol. The first-order valence-electron chi connectivity index (χ1n) is 7.96. The summed E-state index contributed by atoms with van der Waals surface area (Å²) in [4.78, 5) is 25.7. The van der Waals surface area contributed by atoms with Gasteiger partial charge in [0.05, 0.1) is 0 Å². The van der Waals surface area contributed by atoms with Gasteiger partial charge in [0.1, 0.15) is 0 Å². The van der Waals surface area contributed by atoms with Crippen molar-refractivity contribution in [3.8, 4) is 0 Å². The Morgan fingerprint density at radius 1 is 1.09 bits per heavy atom. The van der Waals surface area contributed by atoms with Crippen LogP contribution < -0.4 is 5.32 Å². The normalized spacial score (nSPS) is 17.5. The third-order valence-electron chi connectivity index (χ3n) is 4.04. The number of nitrogens with zero attached hydrogens (tertiary/aromatic N) is 1. The molecular formula is C17H24N2O3. The topological polar surface area (TPSA) is 69.6 Å². The molecule has 120 valence electrons. The highest BCUT2D eigenvalue weighted by molar-refractivity contribution is 5.84. The summed E-state index contributed by atoms with van der Waals surface area (Å²) < 4.78 is 0. The van der Waals surface area contributed by atoms with Crippen molar-refractivity contribution in [3.05, 3.63) is 35.9 Å². The lowest BCUT2D eigenvalue weighted by Gasteiger charge is -2.20. The molecule has 1 atom stereocenters. The van der Waals surface area contributed by atoms with Crippen LogP contribution in [0.5, 0.6) is 0 Å². The number of carbonyl (C=O) groups excluding carboxylic acids is 1. The lowest BCUT2D eigenvalue weighted by Crippen LogP contribution is -2.36. The van der Waals surface area contributed by atoms with Crippen molar-refractivity contribution in [2.45, 2.75) is 38.1 Å². The average Bonchev–Trinajstić information content (AvgIpc) is 2.80. The van der Waals surface area contributed by atoms with Gasteiger partial charge in [0, 0.05) is 13.0 Å². The van der Waals surface area contributed by atoms with E-state index in [1.807, 2.05) is 6.07 Å². The van der Waals surface area contributed by atoms with E-state index in [-0.39, 0.29) is 5.91 Å². The number of likely N-dealkylation sites (tertiary alicyclic amines) is 1. The van der Waals surface area contributed by atoms with E-state index in [0.29, 0.717) is 18.5 Å². The number of aliphatic carboxylic acids is 1. The number of carboxylic acid groups (broad SMARTS) is 1. The number of nitrogens with one attached hydrogen (secondary N) is 1. The lowest BCUT2D eigenvalue weighted by molar-refractivity contribution is -0.142. The highest BCUT2D eigenvalue weighted by Gasteiger charge is 2.22. The Kier molecular flexibility index (Phi) is 6.40. The van der Waals surface area contributed by atoms with Gasteiger partial charge in [0.25, 0.3) is 0 Å². The van der Waals surface area contributed by atoms with Crippen LogP contribution in [0.15, 0.2) is 30.3 Å². The summed E-state index contributed by atoms with van der Waals surface area (Å²) in [5.74, 6) is -1.24. The maximum Gasteiger partial charge on any atom is 0.330 e. The van der Waals surface area contributed by atoms with E-state index in [4.69, 9.17) is 0 Å². The highest BCUT2D eigenvalue weighted by Crippen LogP contribution is 2.13. The minimum Gasteiger partial charge on any atom is -0.479 e. The molecule has 0 spiro atoms. The van der Waals surface area contributed by atoms with Gasteiger partial charge in [0.2, 0.25) is 5.91 Å². The first-order valence-corrected chi connectivity index (χ1v) is 7.96. The van der Waals surface area contributed by atoms with Crippen LogP contribution in [0.4, 0.5) is 0 Å². The Labute approximate surface area is 131 Å². The molecule has 2 rings (SSSR count). The Bertz CT molecular complexity index is 482. The first-order chi connectivity index (χ1) is 10.7. The van der Waals surface area contributed by atoms with Crippen LogP contribution in [0.25, 0.3) is 0 Å². The van der Waals surface area contributed by atoms with Crippen molar-refractivity contribution in [2.75, 3.05) is 19.6 Å². The molecule has 0 aromatic heterocycles.